The van der Waals surface area contributed by atoms with Gasteiger partial charge in [0.15, 0.2) is 16.4 Å². The van der Waals surface area contributed by atoms with Crippen molar-refractivity contribution in [3.63, 3.8) is 0 Å². The van der Waals surface area contributed by atoms with Crippen LogP contribution in [0.1, 0.15) is 34.1 Å². The number of hydrogen-bond acceptors (Lipinski definition) is 8. The van der Waals surface area contributed by atoms with Crippen LogP contribution < -0.4 is 11.1 Å². The zero-order valence-corrected chi connectivity index (χ0v) is 18.7. The van der Waals surface area contributed by atoms with E-state index in [0.717, 1.165) is 17.4 Å². The van der Waals surface area contributed by atoms with Gasteiger partial charge in [-0.2, -0.15) is 5.10 Å². The highest BCUT2D eigenvalue weighted by atomic mass is 35.5. The third-order valence-corrected chi connectivity index (χ3v) is 7.50. The van der Waals surface area contributed by atoms with Crippen LogP contribution in [0.5, 0.6) is 0 Å². The molecule has 1 aliphatic heterocycles. The average molecular weight is 487 g/mol. The standard InChI is InChI=1S/C18H19ClN4O6S2/c1-10-12(16(19)23(22-10)11-5-7-31(27,28)9-11)2-3-15(25)29-8-14(24)21-18-13(17(20)26)4-6-30-18/h2-4,6,11H,5,7-9H2,1H3,(H2,20,26)(H,21,24). The molecule has 3 N–H and O–H groups in total. The first-order chi connectivity index (χ1) is 14.6. The van der Waals surface area contributed by atoms with E-state index in [1.807, 2.05) is 0 Å². The number of aromatic nitrogens is 2. The van der Waals surface area contributed by atoms with Crippen molar-refractivity contribution in [1.82, 2.24) is 9.78 Å². The fourth-order valence-corrected chi connectivity index (χ4v) is 5.91. The van der Waals surface area contributed by atoms with Gasteiger partial charge in [-0.25, -0.2) is 17.9 Å². The molecule has 10 nitrogen and oxygen atoms in total. The summed E-state index contributed by atoms with van der Waals surface area (Å²) in [5, 5.41) is 8.83. The topological polar surface area (TPSA) is 150 Å². The van der Waals surface area contributed by atoms with E-state index >= 15 is 0 Å². The van der Waals surface area contributed by atoms with Gasteiger partial charge in [0, 0.05) is 11.6 Å². The monoisotopic (exact) mass is 486 g/mol. The number of carbonyl (C=O) groups is 3. The van der Waals surface area contributed by atoms with Crippen LogP contribution in [0.4, 0.5) is 5.00 Å². The number of aryl methyl sites for hydroxylation is 1. The largest absolute Gasteiger partial charge is 0.452 e. The number of esters is 1. The number of rotatable bonds is 7. The number of hydrogen-bond donors (Lipinski definition) is 2. The van der Waals surface area contributed by atoms with Crippen molar-refractivity contribution in [3.8, 4) is 0 Å². The lowest BCUT2D eigenvalue weighted by molar-refractivity contribution is -0.142. The number of thiophene rings is 1. The number of nitrogens with one attached hydrogen (secondary N) is 1. The first-order valence-corrected chi connectivity index (χ1v) is 12.1. The van der Waals surface area contributed by atoms with Crippen molar-refractivity contribution in [2.75, 3.05) is 23.4 Å². The first kappa shape index (κ1) is 23.0. The molecule has 0 aromatic carbocycles. The number of sulfone groups is 1. The molecule has 13 heteroatoms. The third kappa shape index (κ3) is 5.51. The molecule has 3 heterocycles. The van der Waals surface area contributed by atoms with Gasteiger partial charge in [0.2, 0.25) is 0 Å². The van der Waals surface area contributed by atoms with Gasteiger partial charge in [-0.3, -0.25) is 9.59 Å². The predicted octanol–water partition coefficient (Wildman–Crippen LogP) is 1.56. The second-order valence-corrected chi connectivity index (χ2v) is 10.3. The molecule has 0 saturated carbocycles. The Kier molecular flexibility index (Phi) is 6.82. The zero-order valence-electron chi connectivity index (χ0n) is 16.3. The van der Waals surface area contributed by atoms with E-state index in [4.69, 9.17) is 22.1 Å². The van der Waals surface area contributed by atoms with Crippen molar-refractivity contribution < 1.29 is 27.5 Å². The van der Waals surface area contributed by atoms with Crippen LogP contribution in [0.2, 0.25) is 5.15 Å². The van der Waals surface area contributed by atoms with Gasteiger partial charge in [-0.15, -0.1) is 11.3 Å². The summed E-state index contributed by atoms with van der Waals surface area (Å²) in [5.74, 6) is -2.05. The number of nitrogens with two attached hydrogens (primary N) is 1. The Bertz CT molecular complexity index is 1170. The average Bonchev–Trinajstić information content (AvgIpc) is 3.36. The smallest absolute Gasteiger partial charge is 0.331 e. The summed E-state index contributed by atoms with van der Waals surface area (Å²) in [6.07, 6.45) is 2.92. The van der Waals surface area contributed by atoms with E-state index in [1.165, 1.54) is 16.8 Å². The Morgan fingerprint density at radius 2 is 2.19 bits per heavy atom. The summed E-state index contributed by atoms with van der Waals surface area (Å²) in [5.41, 5.74) is 6.35. The number of primary amides is 1. The SMILES string of the molecule is Cc1nn(C2CCS(=O)(=O)C2)c(Cl)c1C=CC(=O)OCC(=O)Nc1sccc1C(N)=O. The van der Waals surface area contributed by atoms with Crippen LogP contribution in [0.3, 0.4) is 0 Å². The van der Waals surface area contributed by atoms with E-state index < -0.39 is 34.2 Å². The van der Waals surface area contributed by atoms with E-state index in [2.05, 4.69) is 10.4 Å². The molecule has 1 aliphatic rings. The molecule has 166 valence electrons. The Morgan fingerprint density at radius 3 is 2.84 bits per heavy atom. The Morgan fingerprint density at radius 1 is 1.45 bits per heavy atom. The highest BCUT2D eigenvalue weighted by Crippen LogP contribution is 2.30. The first-order valence-electron chi connectivity index (χ1n) is 9.04. The molecule has 0 aliphatic carbocycles. The lowest BCUT2D eigenvalue weighted by atomic mass is 10.2. The summed E-state index contributed by atoms with van der Waals surface area (Å²) in [6, 6.07) is 1.13. The molecule has 0 bridgehead atoms. The maximum atomic E-state index is 12.0. The van der Waals surface area contributed by atoms with Gasteiger partial charge in [0.05, 0.1) is 28.8 Å². The molecule has 2 aromatic rings. The number of ether oxygens (including phenoxy) is 1. The minimum absolute atomic E-state index is 0.0319. The quantitative estimate of drug-likeness (QED) is 0.445. The van der Waals surface area contributed by atoms with E-state index in [0.29, 0.717) is 17.7 Å². The summed E-state index contributed by atoms with van der Waals surface area (Å²) in [6.45, 7) is 1.12. The molecule has 0 radical (unpaired) electrons. The lowest BCUT2D eigenvalue weighted by Gasteiger charge is -2.09. The molecule has 1 fully saturated rings. The summed E-state index contributed by atoms with van der Waals surface area (Å²) < 4.78 is 29.7. The van der Waals surface area contributed by atoms with Gasteiger partial charge in [0.1, 0.15) is 10.2 Å². The number of amides is 2. The number of halogens is 1. The van der Waals surface area contributed by atoms with Crippen molar-refractivity contribution in [2.45, 2.75) is 19.4 Å². The van der Waals surface area contributed by atoms with Gasteiger partial charge >= 0.3 is 5.97 Å². The molecular formula is C18H19ClN4O6S2. The molecule has 1 atom stereocenters. The fraction of sp³-hybridized carbons (Fsp3) is 0.333. The summed E-state index contributed by atoms with van der Waals surface area (Å²) in [7, 11) is -3.11. The second kappa shape index (κ2) is 9.20. The van der Waals surface area contributed by atoms with Crippen LogP contribution in [-0.2, 0) is 24.2 Å². The minimum Gasteiger partial charge on any atom is -0.452 e. The third-order valence-electron chi connectivity index (χ3n) is 4.54. The van der Waals surface area contributed by atoms with Crippen molar-refractivity contribution in [2.24, 2.45) is 5.73 Å². The van der Waals surface area contributed by atoms with Crippen LogP contribution in [0, 0.1) is 6.92 Å². The van der Waals surface area contributed by atoms with Crippen molar-refractivity contribution in [3.05, 3.63) is 39.5 Å². The number of nitrogens with zero attached hydrogens (tertiary/aromatic N) is 2. The molecule has 1 unspecified atom stereocenters. The maximum Gasteiger partial charge on any atom is 0.331 e. The van der Waals surface area contributed by atoms with Gasteiger partial charge < -0.3 is 15.8 Å². The lowest BCUT2D eigenvalue weighted by Crippen LogP contribution is -2.21. The maximum absolute atomic E-state index is 12.0. The van der Waals surface area contributed by atoms with Gasteiger partial charge in [-0.1, -0.05) is 11.6 Å². The number of carbonyl (C=O) groups excluding carboxylic acids is 3. The van der Waals surface area contributed by atoms with Crippen molar-refractivity contribution >= 4 is 61.6 Å². The van der Waals surface area contributed by atoms with Crippen LogP contribution >= 0.6 is 22.9 Å². The Balaban J connectivity index is 1.58. The molecule has 2 aromatic heterocycles. The van der Waals surface area contributed by atoms with E-state index in [-0.39, 0.29) is 33.3 Å². The van der Waals surface area contributed by atoms with Crippen LogP contribution in [0.25, 0.3) is 6.08 Å². The molecule has 31 heavy (non-hydrogen) atoms. The van der Waals surface area contributed by atoms with E-state index in [9.17, 15) is 22.8 Å². The molecule has 3 rings (SSSR count). The molecule has 0 spiro atoms. The second-order valence-electron chi connectivity index (χ2n) is 6.81. The Labute approximate surface area is 186 Å². The van der Waals surface area contributed by atoms with Crippen molar-refractivity contribution in [1.29, 1.82) is 0 Å². The summed E-state index contributed by atoms with van der Waals surface area (Å²) in [4.78, 5) is 35.2. The minimum atomic E-state index is -3.11. The zero-order chi connectivity index (χ0) is 22.8. The van der Waals surface area contributed by atoms with Gasteiger partial charge in [-0.05, 0) is 30.9 Å². The van der Waals surface area contributed by atoms with Crippen LogP contribution in [-0.4, -0.2) is 54.1 Å². The van der Waals surface area contributed by atoms with Gasteiger partial charge in [0.25, 0.3) is 11.8 Å². The van der Waals surface area contributed by atoms with E-state index in [1.54, 1.807) is 12.3 Å². The summed E-state index contributed by atoms with van der Waals surface area (Å²) >= 11 is 7.45. The predicted molar refractivity (Wildman–Crippen MR) is 116 cm³/mol. The molecular weight excluding hydrogens is 468 g/mol. The number of anilines is 1. The molecule has 1 saturated heterocycles. The highest BCUT2D eigenvalue weighted by Gasteiger charge is 2.31. The highest BCUT2D eigenvalue weighted by molar-refractivity contribution is 7.91. The van der Waals surface area contributed by atoms with Crippen LogP contribution in [0.15, 0.2) is 17.5 Å². The fourth-order valence-electron chi connectivity index (χ4n) is 3.03. The normalized spacial score (nSPS) is 17.7. The Hall–Kier alpha value is -2.70. The molecule has 2 amide bonds.